The predicted octanol–water partition coefficient (Wildman–Crippen LogP) is 4.32. The van der Waals surface area contributed by atoms with E-state index in [1.807, 2.05) is 54.6 Å². The van der Waals surface area contributed by atoms with Crippen LogP contribution in [-0.4, -0.2) is 35.4 Å². The molecular formula is C27H25N3O4. The Kier molecular flexibility index (Phi) is 7.03. The fraction of sp³-hybridized carbons (Fsp3) is 0.148. The van der Waals surface area contributed by atoms with Crippen molar-refractivity contribution in [2.45, 2.75) is 19.4 Å². The predicted molar refractivity (Wildman–Crippen MR) is 131 cm³/mol. The summed E-state index contributed by atoms with van der Waals surface area (Å²) in [5, 5.41) is 6.48. The third-order valence-corrected chi connectivity index (χ3v) is 5.35. The molecule has 3 aromatic carbocycles. The number of hydrogen-bond donors (Lipinski definition) is 3. The first-order chi connectivity index (χ1) is 16.5. The Morgan fingerprint density at radius 1 is 0.882 bits per heavy atom. The molecule has 0 radical (unpaired) electrons. The van der Waals surface area contributed by atoms with Crippen LogP contribution in [0.2, 0.25) is 0 Å². The summed E-state index contributed by atoms with van der Waals surface area (Å²) in [5.41, 5.74) is 2.70. The standard InChI is InChI=1S/C27H25N3O4/c1-2-34-27(33)24(16-18-10-4-3-5-11-18)30-25(31)20-13-7-9-15-22(20)29-26(32)23-17-19-12-6-8-14-21(19)28-23/h3-15,17,24,28H,2,16H2,1H3,(H,29,32)(H,30,31). The molecule has 1 atom stereocenters. The molecule has 0 bridgehead atoms. The second-order valence-corrected chi connectivity index (χ2v) is 7.74. The number of esters is 1. The molecule has 0 saturated heterocycles. The van der Waals surface area contributed by atoms with Crippen LogP contribution in [-0.2, 0) is 16.0 Å². The summed E-state index contributed by atoms with van der Waals surface area (Å²) >= 11 is 0. The summed E-state index contributed by atoms with van der Waals surface area (Å²) in [5.74, 6) is -1.37. The van der Waals surface area contributed by atoms with E-state index in [2.05, 4.69) is 15.6 Å². The van der Waals surface area contributed by atoms with Crippen molar-refractivity contribution in [1.29, 1.82) is 0 Å². The summed E-state index contributed by atoms with van der Waals surface area (Å²) in [6.45, 7) is 1.92. The molecule has 0 spiro atoms. The molecule has 0 saturated carbocycles. The summed E-state index contributed by atoms with van der Waals surface area (Å²) in [4.78, 5) is 41.6. The van der Waals surface area contributed by atoms with Gasteiger partial charge in [0.2, 0.25) is 0 Å². The highest BCUT2D eigenvalue weighted by Crippen LogP contribution is 2.19. The number of aromatic nitrogens is 1. The van der Waals surface area contributed by atoms with E-state index in [1.54, 1.807) is 37.3 Å². The van der Waals surface area contributed by atoms with Crippen molar-refractivity contribution < 1.29 is 19.1 Å². The smallest absolute Gasteiger partial charge is 0.328 e. The van der Waals surface area contributed by atoms with Crippen LogP contribution in [0.1, 0.15) is 33.3 Å². The van der Waals surface area contributed by atoms with Crippen molar-refractivity contribution in [2.75, 3.05) is 11.9 Å². The van der Waals surface area contributed by atoms with Crippen molar-refractivity contribution in [3.05, 3.63) is 102 Å². The van der Waals surface area contributed by atoms with Crippen molar-refractivity contribution in [3.63, 3.8) is 0 Å². The molecule has 172 valence electrons. The summed E-state index contributed by atoms with van der Waals surface area (Å²) in [6.07, 6.45) is 0.287. The first-order valence-electron chi connectivity index (χ1n) is 11.0. The number of anilines is 1. The number of aromatic amines is 1. The Labute approximate surface area is 197 Å². The Bertz CT molecular complexity index is 1280. The first kappa shape index (κ1) is 22.8. The molecule has 1 unspecified atom stereocenters. The zero-order chi connectivity index (χ0) is 23.9. The van der Waals surface area contributed by atoms with Crippen molar-refractivity contribution in [1.82, 2.24) is 10.3 Å². The number of carbonyl (C=O) groups excluding carboxylic acids is 3. The average molecular weight is 456 g/mol. The Hall–Kier alpha value is -4.39. The van der Waals surface area contributed by atoms with Gasteiger partial charge in [0, 0.05) is 17.3 Å². The zero-order valence-electron chi connectivity index (χ0n) is 18.7. The molecule has 0 fully saturated rings. The van der Waals surface area contributed by atoms with E-state index in [0.29, 0.717) is 11.4 Å². The van der Waals surface area contributed by atoms with E-state index >= 15 is 0 Å². The molecule has 7 nitrogen and oxygen atoms in total. The molecule has 4 aromatic rings. The minimum atomic E-state index is -0.868. The van der Waals surface area contributed by atoms with Gasteiger partial charge in [0.1, 0.15) is 11.7 Å². The number of rotatable bonds is 8. The number of fused-ring (bicyclic) bond motifs is 1. The first-order valence-corrected chi connectivity index (χ1v) is 11.0. The number of H-pyrrole nitrogens is 1. The Morgan fingerprint density at radius 2 is 1.59 bits per heavy atom. The number of ether oxygens (including phenoxy) is 1. The summed E-state index contributed by atoms with van der Waals surface area (Å²) in [6, 6.07) is 24.5. The lowest BCUT2D eigenvalue weighted by molar-refractivity contribution is -0.145. The van der Waals surface area contributed by atoms with Gasteiger partial charge in [-0.1, -0.05) is 60.7 Å². The topological polar surface area (TPSA) is 100 Å². The number of carbonyl (C=O) groups is 3. The Morgan fingerprint density at radius 3 is 2.35 bits per heavy atom. The van der Waals surface area contributed by atoms with Crippen molar-refractivity contribution >= 4 is 34.4 Å². The monoisotopic (exact) mass is 455 g/mol. The highest BCUT2D eigenvalue weighted by molar-refractivity contribution is 6.10. The zero-order valence-corrected chi connectivity index (χ0v) is 18.7. The van der Waals surface area contributed by atoms with Gasteiger partial charge in [-0.3, -0.25) is 9.59 Å². The number of benzene rings is 3. The number of amides is 2. The van der Waals surface area contributed by atoms with Gasteiger partial charge >= 0.3 is 5.97 Å². The molecule has 7 heteroatoms. The second-order valence-electron chi connectivity index (χ2n) is 7.74. The van der Waals surface area contributed by atoms with Crippen LogP contribution >= 0.6 is 0 Å². The molecule has 3 N–H and O–H groups in total. The third kappa shape index (κ3) is 5.32. The lowest BCUT2D eigenvalue weighted by Crippen LogP contribution is -2.43. The summed E-state index contributed by atoms with van der Waals surface area (Å²) in [7, 11) is 0. The van der Waals surface area contributed by atoms with Crippen molar-refractivity contribution in [3.8, 4) is 0 Å². The number of hydrogen-bond acceptors (Lipinski definition) is 4. The second kappa shape index (κ2) is 10.5. The maximum atomic E-state index is 13.2. The van der Waals surface area contributed by atoms with Gasteiger partial charge in [0.15, 0.2) is 0 Å². The van der Waals surface area contributed by atoms with Crippen molar-refractivity contribution in [2.24, 2.45) is 0 Å². The van der Waals surface area contributed by atoms with Gasteiger partial charge in [-0.05, 0) is 36.8 Å². The van der Waals surface area contributed by atoms with E-state index in [1.165, 1.54) is 0 Å². The average Bonchev–Trinajstić information content (AvgIpc) is 3.29. The molecule has 1 aromatic heterocycles. The van der Waals surface area contributed by atoms with Crippen LogP contribution in [0.5, 0.6) is 0 Å². The normalized spacial score (nSPS) is 11.6. The van der Waals surface area contributed by atoms with Crippen LogP contribution in [0.25, 0.3) is 10.9 Å². The lowest BCUT2D eigenvalue weighted by atomic mass is 10.0. The molecule has 2 amide bonds. The number of para-hydroxylation sites is 2. The largest absolute Gasteiger partial charge is 0.464 e. The fourth-order valence-corrected chi connectivity index (χ4v) is 3.70. The molecule has 1 heterocycles. The van der Waals surface area contributed by atoms with Gasteiger partial charge in [0.05, 0.1) is 17.9 Å². The van der Waals surface area contributed by atoms with Gasteiger partial charge in [0.25, 0.3) is 11.8 Å². The van der Waals surface area contributed by atoms with E-state index in [4.69, 9.17) is 4.74 Å². The minimum absolute atomic E-state index is 0.205. The fourth-order valence-electron chi connectivity index (χ4n) is 3.70. The van der Waals surface area contributed by atoms with Gasteiger partial charge in [-0.15, -0.1) is 0 Å². The third-order valence-electron chi connectivity index (χ3n) is 5.35. The molecule has 0 aliphatic rings. The molecular weight excluding hydrogens is 430 g/mol. The maximum absolute atomic E-state index is 13.2. The molecule has 0 aliphatic heterocycles. The Balaban J connectivity index is 1.53. The van der Waals surface area contributed by atoms with Crippen LogP contribution in [0.3, 0.4) is 0 Å². The van der Waals surface area contributed by atoms with E-state index in [-0.39, 0.29) is 24.5 Å². The molecule has 34 heavy (non-hydrogen) atoms. The van der Waals surface area contributed by atoms with Gasteiger partial charge < -0.3 is 20.4 Å². The van der Waals surface area contributed by atoms with Crippen LogP contribution in [0.15, 0.2) is 84.9 Å². The van der Waals surface area contributed by atoms with Gasteiger partial charge in [-0.25, -0.2) is 4.79 Å². The highest BCUT2D eigenvalue weighted by Gasteiger charge is 2.24. The van der Waals surface area contributed by atoms with Crippen LogP contribution in [0.4, 0.5) is 5.69 Å². The molecule has 0 aliphatic carbocycles. The van der Waals surface area contributed by atoms with Gasteiger partial charge in [-0.2, -0.15) is 0 Å². The lowest BCUT2D eigenvalue weighted by Gasteiger charge is -2.18. The SMILES string of the molecule is CCOC(=O)C(Cc1ccccc1)NC(=O)c1ccccc1NC(=O)c1cc2ccccc2[nH]1. The quantitative estimate of drug-likeness (QED) is 0.345. The number of nitrogens with one attached hydrogen (secondary N) is 3. The van der Waals surface area contributed by atoms with E-state index < -0.39 is 17.9 Å². The maximum Gasteiger partial charge on any atom is 0.328 e. The molecule has 4 rings (SSSR count). The van der Waals surface area contributed by atoms with E-state index in [9.17, 15) is 14.4 Å². The van der Waals surface area contributed by atoms with Crippen LogP contribution < -0.4 is 10.6 Å². The summed E-state index contributed by atoms with van der Waals surface area (Å²) < 4.78 is 5.17. The minimum Gasteiger partial charge on any atom is -0.464 e. The van der Waals surface area contributed by atoms with E-state index in [0.717, 1.165) is 16.5 Å². The highest BCUT2D eigenvalue weighted by atomic mass is 16.5. The van der Waals surface area contributed by atoms with Crippen LogP contribution in [0, 0.1) is 0 Å².